The van der Waals surface area contributed by atoms with Crippen molar-refractivity contribution in [2.75, 3.05) is 24.8 Å². The minimum atomic E-state index is -3.19. The SMILES string of the molecule is CS(=O)(=O)NCCCNC(=O)c1ccncc1NN. The molecule has 0 atom stereocenters. The minimum Gasteiger partial charge on any atom is -0.352 e. The summed E-state index contributed by atoms with van der Waals surface area (Å²) in [5.74, 6) is 4.97. The van der Waals surface area contributed by atoms with Gasteiger partial charge in [0.25, 0.3) is 5.91 Å². The number of hydrogen-bond acceptors (Lipinski definition) is 6. The molecule has 0 aliphatic carbocycles. The van der Waals surface area contributed by atoms with Crippen LogP contribution in [0.15, 0.2) is 18.5 Å². The largest absolute Gasteiger partial charge is 0.352 e. The molecule has 1 aromatic heterocycles. The molecule has 0 fully saturated rings. The Bertz CT molecular complexity index is 532. The van der Waals surface area contributed by atoms with Gasteiger partial charge < -0.3 is 10.7 Å². The number of nitrogens with zero attached hydrogens (tertiary/aromatic N) is 1. The maximum atomic E-state index is 11.8. The van der Waals surface area contributed by atoms with E-state index in [1.807, 2.05) is 0 Å². The first-order valence-electron chi connectivity index (χ1n) is 5.57. The Labute approximate surface area is 111 Å². The summed E-state index contributed by atoms with van der Waals surface area (Å²) in [6.45, 7) is 0.630. The maximum absolute atomic E-state index is 11.8. The lowest BCUT2D eigenvalue weighted by Crippen LogP contribution is -2.30. The average molecular weight is 287 g/mol. The Morgan fingerprint density at radius 1 is 1.42 bits per heavy atom. The van der Waals surface area contributed by atoms with E-state index >= 15 is 0 Å². The van der Waals surface area contributed by atoms with Crippen molar-refractivity contribution in [3.8, 4) is 0 Å². The molecule has 1 amide bonds. The van der Waals surface area contributed by atoms with E-state index in [0.29, 0.717) is 24.2 Å². The van der Waals surface area contributed by atoms with Crippen molar-refractivity contribution in [1.82, 2.24) is 15.0 Å². The van der Waals surface area contributed by atoms with E-state index in [-0.39, 0.29) is 12.5 Å². The number of hydrazine groups is 1. The van der Waals surface area contributed by atoms with Crippen molar-refractivity contribution in [2.24, 2.45) is 5.84 Å². The topological polar surface area (TPSA) is 126 Å². The highest BCUT2D eigenvalue weighted by molar-refractivity contribution is 7.88. The molecule has 8 nitrogen and oxygen atoms in total. The normalized spacial score (nSPS) is 11.1. The van der Waals surface area contributed by atoms with Crippen molar-refractivity contribution < 1.29 is 13.2 Å². The fraction of sp³-hybridized carbons (Fsp3) is 0.400. The van der Waals surface area contributed by atoms with Crippen LogP contribution < -0.4 is 21.3 Å². The van der Waals surface area contributed by atoms with E-state index in [2.05, 4.69) is 20.4 Å². The zero-order valence-corrected chi connectivity index (χ0v) is 11.3. The minimum absolute atomic E-state index is 0.275. The number of carbonyl (C=O) groups is 1. The van der Waals surface area contributed by atoms with E-state index < -0.39 is 10.0 Å². The summed E-state index contributed by atoms with van der Waals surface area (Å²) >= 11 is 0. The highest BCUT2D eigenvalue weighted by Gasteiger charge is 2.09. The first kappa shape index (κ1) is 15.3. The number of nitrogen functional groups attached to an aromatic ring is 1. The van der Waals surface area contributed by atoms with Crippen LogP contribution in [0.1, 0.15) is 16.8 Å². The standard InChI is InChI=1S/C10H17N5O3S/c1-19(17,18)14-5-2-4-13-10(16)8-3-6-12-7-9(8)15-11/h3,6-7,14-15H,2,4-5,11H2,1H3,(H,13,16). The van der Waals surface area contributed by atoms with Gasteiger partial charge in [0.15, 0.2) is 0 Å². The molecule has 9 heteroatoms. The first-order valence-corrected chi connectivity index (χ1v) is 7.46. The van der Waals surface area contributed by atoms with Crippen LogP contribution in [-0.2, 0) is 10.0 Å². The molecule has 0 spiro atoms. The van der Waals surface area contributed by atoms with Gasteiger partial charge in [-0.05, 0) is 12.5 Å². The van der Waals surface area contributed by atoms with Crippen LogP contribution in [0.4, 0.5) is 5.69 Å². The molecule has 0 radical (unpaired) electrons. The Morgan fingerprint density at radius 3 is 2.79 bits per heavy atom. The Balaban J connectivity index is 2.39. The van der Waals surface area contributed by atoms with Gasteiger partial charge in [-0.15, -0.1) is 0 Å². The molecular weight excluding hydrogens is 270 g/mol. The lowest BCUT2D eigenvalue weighted by atomic mass is 10.2. The Morgan fingerprint density at radius 2 is 2.16 bits per heavy atom. The third-order valence-corrected chi connectivity index (χ3v) is 2.95. The summed E-state index contributed by atoms with van der Waals surface area (Å²) in [5, 5.41) is 2.66. The Hall–Kier alpha value is -1.71. The van der Waals surface area contributed by atoms with Crippen molar-refractivity contribution in [3.63, 3.8) is 0 Å². The zero-order chi connectivity index (χ0) is 14.3. The zero-order valence-electron chi connectivity index (χ0n) is 10.5. The molecule has 1 heterocycles. The van der Waals surface area contributed by atoms with Gasteiger partial charge in [-0.1, -0.05) is 0 Å². The van der Waals surface area contributed by atoms with Gasteiger partial charge in [-0.3, -0.25) is 15.6 Å². The molecule has 19 heavy (non-hydrogen) atoms. The predicted octanol–water partition coefficient (Wildman–Crippen LogP) is -0.964. The molecule has 5 N–H and O–H groups in total. The Kier molecular flexibility index (Phi) is 5.67. The van der Waals surface area contributed by atoms with Gasteiger partial charge in [0.2, 0.25) is 10.0 Å². The fourth-order valence-electron chi connectivity index (χ4n) is 1.35. The number of amides is 1. The summed E-state index contributed by atoms with van der Waals surface area (Å²) in [5.41, 5.74) is 3.19. The van der Waals surface area contributed by atoms with E-state index in [1.165, 1.54) is 12.4 Å². The highest BCUT2D eigenvalue weighted by Crippen LogP contribution is 2.10. The van der Waals surface area contributed by atoms with Crippen LogP contribution in [0, 0.1) is 0 Å². The number of nitrogens with two attached hydrogens (primary N) is 1. The second-order valence-electron chi connectivity index (χ2n) is 3.84. The monoisotopic (exact) mass is 287 g/mol. The number of sulfonamides is 1. The second-order valence-corrected chi connectivity index (χ2v) is 5.67. The van der Waals surface area contributed by atoms with Crippen molar-refractivity contribution >= 4 is 21.6 Å². The molecule has 106 valence electrons. The molecular formula is C10H17N5O3S. The summed E-state index contributed by atoms with van der Waals surface area (Å²) in [4.78, 5) is 15.6. The van der Waals surface area contributed by atoms with Crippen LogP contribution in [0.3, 0.4) is 0 Å². The van der Waals surface area contributed by atoms with Gasteiger partial charge >= 0.3 is 0 Å². The van der Waals surface area contributed by atoms with Gasteiger partial charge in [-0.25, -0.2) is 13.1 Å². The second kappa shape index (κ2) is 7.02. The number of rotatable bonds is 7. The highest BCUT2D eigenvalue weighted by atomic mass is 32.2. The number of anilines is 1. The van der Waals surface area contributed by atoms with Crippen molar-refractivity contribution in [1.29, 1.82) is 0 Å². The van der Waals surface area contributed by atoms with E-state index in [4.69, 9.17) is 5.84 Å². The molecule has 0 aliphatic rings. The molecule has 0 bridgehead atoms. The summed E-state index contributed by atoms with van der Waals surface area (Å²) in [7, 11) is -3.19. The van der Waals surface area contributed by atoms with Crippen LogP contribution in [0.25, 0.3) is 0 Å². The third kappa shape index (κ3) is 5.64. The van der Waals surface area contributed by atoms with E-state index in [1.54, 1.807) is 6.07 Å². The number of carbonyl (C=O) groups excluding carboxylic acids is 1. The fourth-order valence-corrected chi connectivity index (χ4v) is 1.87. The number of aromatic nitrogens is 1. The van der Waals surface area contributed by atoms with Gasteiger partial charge in [-0.2, -0.15) is 0 Å². The van der Waals surface area contributed by atoms with Crippen LogP contribution in [0.2, 0.25) is 0 Å². The molecule has 1 rings (SSSR count). The van der Waals surface area contributed by atoms with Crippen molar-refractivity contribution in [2.45, 2.75) is 6.42 Å². The van der Waals surface area contributed by atoms with Gasteiger partial charge in [0, 0.05) is 19.3 Å². The number of pyridine rings is 1. The summed E-state index contributed by atoms with van der Waals surface area (Å²) in [6, 6.07) is 1.54. The maximum Gasteiger partial charge on any atom is 0.253 e. The number of nitrogens with one attached hydrogen (secondary N) is 3. The first-order chi connectivity index (χ1) is 8.94. The lowest BCUT2D eigenvalue weighted by molar-refractivity contribution is 0.0954. The molecule has 0 aliphatic heterocycles. The predicted molar refractivity (Wildman–Crippen MR) is 71.8 cm³/mol. The van der Waals surface area contributed by atoms with Gasteiger partial charge in [0.1, 0.15) is 0 Å². The number of hydrogen-bond donors (Lipinski definition) is 4. The molecule has 0 aromatic carbocycles. The molecule has 0 saturated heterocycles. The van der Waals surface area contributed by atoms with Crippen LogP contribution in [0.5, 0.6) is 0 Å². The van der Waals surface area contributed by atoms with E-state index in [0.717, 1.165) is 6.26 Å². The van der Waals surface area contributed by atoms with Crippen molar-refractivity contribution in [3.05, 3.63) is 24.0 Å². The molecule has 0 saturated carbocycles. The molecule has 0 unspecified atom stereocenters. The van der Waals surface area contributed by atoms with Crippen LogP contribution >= 0.6 is 0 Å². The third-order valence-electron chi connectivity index (χ3n) is 2.22. The van der Waals surface area contributed by atoms with Gasteiger partial charge in [0.05, 0.1) is 23.7 Å². The van der Waals surface area contributed by atoms with E-state index in [9.17, 15) is 13.2 Å². The summed E-state index contributed by atoms with van der Waals surface area (Å²) < 4.78 is 23.9. The lowest BCUT2D eigenvalue weighted by Gasteiger charge is -2.09. The average Bonchev–Trinajstić information content (AvgIpc) is 2.36. The summed E-state index contributed by atoms with van der Waals surface area (Å²) in [6.07, 6.45) is 4.51. The van der Waals surface area contributed by atoms with Crippen LogP contribution in [-0.4, -0.2) is 38.7 Å². The smallest absolute Gasteiger partial charge is 0.253 e. The molecule has 1 aromatic rings. The quantitative estimate of drug-likeness (QED) is 0.290.